The van der Waals surface area contributed by atoms with Gasteiger partial charge in [-0.3, -0.25) is 10.2 Å². The molecule has 0 fully saturated rings. The SMILES string of the molecule is CC(=N)N/C=C\NC(C)NC(C)=O. The minimum absolute atomic E-state index is 0.0791. The molecule has 1 unspecified atom stereocenters. The minimum atomic E-state index is -0.110. The van der Waals surface area contributed by atoms with Gasteiger partial charge in [0.25, 0.3) is 0 Å². The Bertz CT molecular complexity index is 212. The zero-order valence-electron chi connectivity index (χ0n) is 8.14. The zero-order valence-corrected chi connectivity index (χ0v) is 8.14. The molecule has 1 atom stereocenters. The Morgan fingerprint density at radius 2 is 2.00 bits per heavy atom. The summed E-state index contributed by atoms with van der Waals surface area (Å²) in [6, 6.07) is 0. The van der Waals surface area contributed by atoms with Gasteiger partial charge >= 0.3 is 0 Å². The van der Waals surface area contributed by atoms with Gasteiger partial charge in [-0.15, -0.1) is 0 Å². The first-order valence-corrected chi connectivity index (χ1v) is 4.02. The molecule has 0 radical (unpaired) electrons. The maximum atomic E-state index is 10.6. The van der Waals surface area contributed by atoms with Gasteiger partial charge in [-0.05, 0) is 13.8 Å². The molecule has 5 nitrogen and oxygen atoms in total. The predicted octanol–water partition coefficient (Wildman–Crippen LogP) is 0.116. The normalized spacial score (nSPS) is 12.2. The molecule has 0 saturated heterocycles. The topological polar surface area (TPSA) is 77.0 Å². The van der Waals surface area contributed by atoms with Gasteiger partial charge in [-0.25, -0.2) is 0 Å². The lowest BCUT2D eigenvalue weighted by Crippen LogP contribution is -2.39. The van der Waals surface area contributed by atoms with E-state index in [2.05, 4.69) is 16.0 Å². The molecule has 0 aliphatic carbocycles. The quantitative estimate of drug-likeness (QED) is 0.285. The molecule has 0 aromatic rings. The summed E-state index contributed by atoms with van der Waals surface area (Å²) >= 11 is 0. The van der Waals surface area contributed by atoms with Crippen LogP contribution in [0.2, 0.25) is 0 Å². The van der Waals surface area contributed by atoms with Crippen molar-refractivity contribution < 1.29 is 4.79 Å². The fourth-order valence-corrected chi connectivity index (χ4v) is 0.706. The van der Waals surface area contributed by atoms with Crippen molar-refractivity contribution >= 4 is 11.7 Å². The van der Waals surface area contributed by atoms with Crippen LogP contribution in [0.4, 0.5) is 0 Å². The largest absolute Gasteiger partial charge is 0.370 e. The highest BCUT2D eigenvalue weighted by Crippen LogP contribution is 1.74. The number of amidine groups is 1. The van der Waals surface area contributed by atoms with Gasteiger partial charge < -0.3 is 16.0 Å². The molecule has 1 amide bonds. The van der Waals surface area contributed by atoms with Crippen molar-refractivity contribution in [2.75, 3.05) is 0 Å². The molecule has 0 aromatic heterocycles. The molecular formula is C8H16N4O. The Balaban J connectivity index is 3.56. The van der Waals surface area contributed by atoms with E-state index in [0.29, 0.717) is 5.84 Å². The summed E-state index contributed by atoms with van der Waals surface area (Å²) in [5.74, 6) is 0.287. The van der Waals surface area contributed by atoms with Crippen LogP contribution < -0.4 is 16.0 Å². The van der Waals surface area contributed by atoms with E-state index >= 15 is 0 Å². The second kappa shape index (κ2) is 6.05. The average molecular weight is 184 g/mol. The maximum absolute atomic E-state index is 10.6. The summed E-state index contributed by atoms with van der Waals surface area (Å²) < 4.78 is 0. The van der Waals surface area contributed by atoms with Crippen molar-refractivity contribution in [2.24, 2.45) is 0 Å². The van der Waals surface area contributed by atoms with E-state index in [9.17, 15) is 4.79 Å². The van der Waals surface area contributed by atoms with Crippen LogP contribution in [0.1, 0.15) is 20.8 Å². The molecule has 0 aliphatic heterocycles. The van der Waals surface area contributed by atoms with Crippen LogP contribution in [0, 0.1) is 5.41 Å². The smallest absolute Gasteiger partial charge is 0.218 e. The lowest BCUT2D eigenvalue weighted by molar-refractivity contribution is -0.119. The maximum Gasteiger partial charge on any atom is 0.218 e. The first-order chi connectivity index (χ1) is 6.02. The second-order valence-corrected chi connectivity index (χ2v) is 2.69. The molecule has 13 heavy (non-hydrogen) atoms. The van der Waals surface area contributed by atoms with Gasteiger partial charge in [-0.1, -0.05) is 0 Å². The number of hydrogen-bond acceptors (Lipinski definition) is 3. The van der Waals surface area contributed by atoms with Crippen molar-refractivity contribution in [3.05, 3.63) is 12.4 Å². The zero-order chi connectivity index (χ0) is 10.3. The average Bonchev–Trinajstić information content (AvgIpc) is 1.96. The fraction of sp³-hybridized carbons (Fsp3) is 0.500. The van der Waals surface area contributed by atoms with Crippen molar-refractivity contribution in [3.63, 3.8) is 0 Å². The number of nitrogens with one attached hydrogen (secondary N) is 4. The van der Waals surface area contributed by atoms with Gasteiger partial charge in [0, 0.05) is 19.3 Å². The van der Waals surface area contributed by atoms with Gasteiger partial charge in [0.1, 0.15) is 0 Å². The lowest BCUT2D eigenvalue weighted by Gasteiger charge is -2.11. The molecule has 5 heteroatoms. The van der Waals surface area contributed by atoms with Crippen molar-refractivity contribution in [3.8, 4) is 0 Å². The van der Waals surface area contributed by atoms with E-state index < -0.39 is 0 Å². The van der Waals surface area contributed by atoms with Crippen LogP contribution in [-0.2, 0) is 4.79 Å². The molecule has 0 rings (SSSR count). The second-order valence-electron chi connectivity index (χ2n) is 2.69. The highest BCUT2D eigenvalue weighted by atomic mass is 16.1. The Morgan fingerprint density at radius 3 is 2.46 bits per heavy atom. The van der Waals surface area contributed by atoms with Crippen LogP contribution in [0.3, 0.4) is 0 Å². The van der Waals surface area contributed by atoms with Crippen LogP contribution in [-0.4, -0.2) is 17.9 Å². The monoisotopic (exact) mass is 184 g/mol. The number of carbonyl (C=O) groups excluding carboxylic acids is 1. The summed E-state index contributed by atoms with van der Waals surface area (Å²) in [5.41, 5.74) is 0. The molecule has 4 N–H and O–H groups in total. The predicted molar refractivity (Wildman–Crippen MR) is 52.1 cm³/mol. The van der Waals surface area contributed by atoms with Gasteiger partial charge in [-0.2, -0.15) is 0 Å². The van der Waals surface area contributed by atoms with Gasteiger partial charge in [0.05, 0.1) is 12.0 Å². The van der Waals surface area contributed by atoms with E-state index in [1.165, 1.54) is 6.92 Å². The Morgan fingerprint density at radius 1 is 1.38 bits per heavy atom. The third-order valence-corrected chi connectivity index (χ3v) is 1.15. The van der Waals surface area contributed by atoms with Crippen molar-refractivity contribution in [2.45, 2.75) is 26.9 Å². The minimum Gasteiger partial charge on any atom is -0.370 e. The van der Waals surface area contributed by atoms with E-state index in [0.717, 1.165) is 0 Å². The Kier molecular flexibility index (Phi) is 5.34. The standard InChI is InChI=1S/C8H16N4O/c1-6(9)10-4-5-11-7(2)12-8(3)13/h4-5,7,11H,1-3H3,(H2,9,10)(H,12,13)/b5-4-. The van der Waals surface area contributed by atoms with E-state index in [1.807, 2.05) is 6.92 Å². The molecule has 0 spiro atoms. The first-order valence-electron chi connectivity index (χ1n) is 4.02. The third-order valence-electron chi connectivity index (χ3n) is 1.15. The summed E-state index contributed by atoms with van der Waals surface area (Å²) in [6.45, 7) is 4.92. The van der Waals surface area contributed by atoms with Crippen LogP contribution in [0.25, 0.3) is 0 Å². The number of carbonyl (C=O) groups is 1. The molecule has 0 aliphatic rings. The molecule has 0 aromatic carbocycles. The highest BCUT2D eigenvalue weighted by Gasteiger charge is 1.97. The summed E-state index contributed by atoms with van der Waals surface area (Å²) in [6.07, 6.45) is 3.13. The molecular weight excluding hydrogens is 168 g/mol. The number of hydrogen-bond donors (Lipinski definition) is 4. The van der Waals surface area contributed by atoms with Crippen LogP contribution in [0.15, 0.2) is 12.4 Å². The molecule has 0 heterocycles. The number of amides is 1. The van der Waals surface area contributed by atoms with Crippen molar-refractivity contribution in [1.82, 2.24) is 16.0 Å². The lowest BCUT2D eigenvalue weighted by atomic mass is 10.5. The number of rotatable bonds is 4. The van der Waals surface area contributed by atoms with E-state index in [1.54, 1.807) is 19.3 Å². The van der Waals surface area contributed by atoms with Gasteiger partial charge in [0.2, 0.25) is 5.91 Å². The van der Waals surface area contributed by atoms with E-state index in [4.69, 9.17) is 5.41 Å². The molecule has 0 bridgehead atoms. The summed E-state index contributed by atoms with van der Waals surface area (Å²) in [5, 5.41) is 15.3. The molecule has 74 valence electrons. The summed E-state index contributed by atoms with van der Waals surface area (Å²) in [4.78, 5) is 10.6. The van der Waals surface area contributed by atoms with Crippen LogP contribution in [0.5, 0.6) is 0 Å². The Hall–Kier alpha value is -1.52. The fourth-order valence-electron chi connectivity index (χ4n) is 0.706. The Labute approximate surface area is 78.1 Å². The first kappa shape index (κ1) is 11.5. The van der Waals surface area contributed by atoms with Crippen LogP contribution >= 0.6 is 0 Å². The molecule has 0 saturated carbocycles. The third kappa shape index (κ3) is 8.39. The summed E-state index contributed by atoms with van der Waals surface area (Å²) in [7, 11) is 0. The highest BCUT2D eigenvalue weighted by molar-refractivity contribution is 5.76. The van der Waals surface area contributed by atoms with Crippen molar-refractivity contribution in [1.29, 1.82) is 5.41 Å². The van der Waals surface area contributed by atoms with E-state index in [-0.39, 0.29) is 12.1 Å². The van der Waals surface area contributed by atoms with Gasteiger partial charge in [0.15, 0.2) is 0 Å².